The average molecular weight is 792 g/mol. The number of aromatic nitrogens is 7. The van der Waals surface area contributed by atoms with Crippen molar-refractivity contribution in [1.82, 2.24) is 54.9 Å². The molecule has 0 aliphatic carbocycles. The van der Waals surface area contributed by atoms with Gasteiger partial charge in [-0.15, -0.1) is 0 Å². The van der Waals surface area contributed by atoms with Crippen molar-refractivity contribution in [2.45, 2.75) is 77.5 Å². The topological polar surface area (TPSA) is 216 Å². The van der Waals surface area contributed by atoms with Crippen molar-refractivity contribution in [2.75, 3.05) is 27.2 Å². The highest BCUT2D eigenvalue weighted by molar-refractivity contribution is 5.87. The summed E-state index contributed by atoms with van der Waals surface area (Å²) in [6.07, 6.45) is 8.23. The number of aromatic amines is 2. The van der Waals surface area contributed by atoms with Crippen LogP contribution in [0.2, 0.25) is 0 Å². The second-order valence-electron chi connectivity index (χ2n) is 15.6. The van der Waals surface area contributed by atoms with Crippen LogP contribution in [-0.2, 0) is 14.3 Å². The van der Waals surface area contributed by atoms with Gasteiger partial charge >= 0.3 is 12.2 Å². The van der Waals surface area contributed by atoms with Gasteiger partial charge in [0.25, 0.3) is 0 Å². The van der Waals surface area contributed by atoms with Crippen molar-refractivity contribution in [2.24, 2.45) is 11.8 Å². The summed E-state index contributed by atoms with van der Waals surface area (Å²) in [5, 5.41) is 12.3. The second-order valence-corrected chi connectivity index (χ2v) is 15.6. The van der Waals surface area contributed by atoms with Crippen LogP contribution in [0.3, 0.4) is 0 Å². The SMILES string of the molecule is COC(=O)N[C@H](C(=O)N1CCC[C@H]1c1ncc(-c2ccc3nc(-c4ccc(-c5cnc([C@@H]6CCCN6C(=O)[C@H](C(C)C)N(C)C(=O)O)[nH]5)cn4)cnc3c2)[nH]1)C(C)C. The number of ether oxygens (including phenoxy) is 1. The summed E-state index contributed by atoms with van der Waals surface area (Å²) in [6.45, 7) is 8.58. The molecule has 4 amide bonds. The fraction of sp³-hybridized carbons (Fsp3) is 0.439. The van der Waals surface area contributed by atoms with Gasteiger partial charge in [0.05, 0.1) is 65.9 Å². The van der Waals surface area contributed by atoms with E-state index in [1.807, 2.05) is 58.0 Å². The molecule has 17 heteroatoms. The van der Waals surface area contributed by atoms with E-state index >= 15 is 0 Å². The number of fused-ring (bicyclic) bond motifs is 1. The van der Waals surface area contributed by atoms with Gasteiger partial charge in [0, 0.05) is 37.5 Å². The van der Waals surface area contributed by atoms with Crippen LogP contribution in [0.15, 0.2) is 55.1 Å². The van der Waals surface area contributed by atoms with Gasteiger partial charge in [-0.25, -0.2) is 24.5 Å². The zero-order valence-electron chi connectivity index (χ0n) is 33.5. The van der Waals surface area contributed by atoms with Crippen molar-refractivity contribution >= 4 is 35.0 Å². The molecular formula is C41H49N11O6. The Balaban J connectivity index is 1.03. The minimum absolute atomic E-state index is 0.124. The number of imidazole rings is 2. The van der Waals surface area contributed by atoms with Crippen LogP contribution in [0.25, 0.3) is 44.9 Å². The Morgan fingerprint density at radius 1 is 0.776 bits per heavy atom. The number of carbonyl (C=O) groups is 4. The first-order valence-corrected chi connectivity index (χ1v) is 19.6. The molecule has 4 atom stereocenters. The Morgan fingerprint density at radius 2 is 1.40 bits per heavy atom. The molecule has 0 radical (unpaired) electrons. The second kappa shape index (κ2) is 16.6. The summed E-state index contributed by atoms with van der Waals surface area (Å²) in [7, 11) is 2.71. The normalized spacial score (nSPS) is 17.9. The Labute approximate surface area is 335 Å². The summed E-state index contributed by atoms with van der Waals surface area (Å²) in [5.74, 6) is 0.634. The molecule has 1 aromatic carbocycles. The predicted octanol–water partition coefficient (Wildman–Crippen LogP) is 5.81. The van der Waals surface area contributed by atoms with E-state index in [2.05, 4.69) is 30.2 Å². The minimum atomic E-state index is -1.14. The zero-order valence-corrected chi connectivity index (χ0v) is 33.5. The molecule has 7 rings (SSSR count). The summed E-state index contributed by atoms with van der Waals surface area (Å²) in [5.41, 5.74) is 5.86. The molecule has 58 heavy (non-hydrogen) atoms. The van der Waals surface area contributed by atoms with Crippen molar-refractivity contribution in [3.63, 3.8) is 0 Å². The van der Waals surface area contributed by atoms with Gasteiger partial charge in [-0.3, -0.25) is 24.5 Å². The first-order chi connectivity index (χ1) is 27.8. The smallest absolute Gasteiger partial charge is 0.407 e. The number of methoxy groups -OCH3 is 1. The van der Waals surface area contributed by atoms with Gasteiger partial charge in [0.1, 0.15) is 29.4 Å². The third-order valence-corrected chi connectivity index (χ3v) is 11.1. The van der Waals surface area contributed by atoms with E-state index in [1.54, 1.807) is 34.6 Å². The first-order valence-electron chi connectivity index (χ1n) is 19.6. The third-order valence-electron chi connectivity index (χ3n) is 11.1. The molecule has 2 saturated heterocycles. The van der Waals surface area contributed by atoms with Crippen LogP contribution < -0.4 is 5.32 Å². The fourth-order valence-electron chi connectivity index (χ4n) is 8.01. The number of benzene rings is 1. The minimum Gasteiger partial charge on any atom is -0.465 e. The number of nitrogens with zero attached hydrogens (tertiary/aromatic N) is 8. The molecule has 304 valence electrons. The van der Waals surface area contributed by atoms with E-state index in [-0.39, 0.29) is 35.7 Å². The lowest BCUT2D eigenvalue weighted by molar-refractivity contribution is -0.138. The number of likely N-dealkylation sites (N-methyl/N-ethyl adjacent to an activating group) is 1. The number of H-pyrrole nitrogens is 2. The van der Waals surface area contributed by atoms with Gasteiger partial charge in [-0.1, -0.05) is 33.8 Å². The van der Waals surface area contributed by atoms with Gasteiger partial charge in [-0.2, -0.15) is 0 Å². The van der Waals surface area contributed by atoms with Crippen molar-refractivity contribution < 1.29 is 29.0 Å². The number of pyridine rings is 1. The predicted molar refractivity (Wildman–Crippen MR) is 214 cm³/mol. The first kappa shape index (κ1) is 39.8. The highest BCUT2D eigenvalue weighted by Gasteiger charge is 2.40. The average Bonchev–Trinajstić information content (AvgIpc) is 4.06. The summed E-state index contributed by atoms with van der Waals surface area (Å²) < 4.78 is 4.75. The highest BCUT2D eigenvalue weighted by Crippen LogP contribution is 2.35. The van der Waals surface area contributed by atoms with Crippen LogP contribution in [0.1, 0.15) is 77.1 Å². The number of amides is 4. The number of nitrogens with one attached hydrogen (secondary N) is 3. The van der Waals surface area contributed by atoms with Gasteiger partial charge in [0.15, 0.2) is 0 Å². The molecule has 5 aromatic rings. The number of rotatable bonds is 11. The number of likely N-dealkylation sites (tertiary alicyclic amines) is 2. The van der Waals surface area contributed by atoms with Gasteiger partial charge in [0.2, 0.25) is 11.8 Å². The number of alkyl carbamates (subject to hydrolysis) is 1. The van der Waals surface area contributed by atoms with Crippen LogP contribution in [0, 0.1) is 11.8 Å². The Kier molecular flexibility index (Phi) is 11.4. The van der Waals surface area contributed by atoms with Crippen LogP contribution >= 0.6 is 0 Å². The largest absolute Gasteiger partial charge is 0.465 e. The molecule has 2 fully saturated rings. The number of carboxylic acid groups (broad SMARTS) is 1. The maximum atomic E-state index is 13.6. The number of hydrogen-bond acceptors (Lipinski definition) is 10. The lowest BCUT2D eigenvalue weighted by atomic mass is 10.0. The lowest BCUT2D eigenvalue weighted by Crippen LogP contribution is -2.51. The zero-order chi connectivity index (χ0) is 41.2. The van der Waals surface area contributed by atoms with E-state index in [9.17, 15) is 24.3 Å². The van der Waals surface area contributed by atoms with Crippen LogP contribution in [0.4, 0.5) is 9.59 Å². The van der Waals surface area contributed by atoms with Crippen LogP contribution in [0.5, 0.6) is 0 Å². The van der Waals surface area contributed by atoms with E-state index in [0.29, 0.717) is 47.2 Å². The van der Waals surface area contributed by atoms with E-state index in [0.717, 1.165) is 53.1 Å². The van der Waals surface area contributed by atoms with Crippen molar-refractivity contribution in [1.29, 1.82) is 0 Å². The van der Waals surface area contributed by atoms with Gasteiger partial charge in [-0.05, 0) is 61.8 Å². The number of carbonyl (C=O) groups excluding carboxylic acids is 3. The van der Waals surface area contributed by atoms with E-state index in [4.69, 9.17) is 14.7 Å². The maximum absolute atomic E-state index is 13.6. The Morgan fingerprint density at radius 3 is 1.97 bits per heavy atom. The molecule has 0 saturated carbocycles. The molecule has 2 aliphatic heterocycles. The molecule has 4 aromatic heterocycles. The summed E-state index contributed by atoms with van der Waals surface area (Å²) >= 11 is 0. The molecule has 0 bridgehead atoms. The van der Waals surface area contributed by atoms with Crippen molar-refractivity contribution in [3.05, 3.63) is 66.8 Å². The molecule has 2 aliphatic rings. The van der Waals surface area contributed by atoms with E-state index < -0.39 is 24.3 Å². The lowest BCUT2D eigenvalue weighted by Gasteiger charge is -2.33. The van der Waals surface area contributed by atoms with E-state index in [1.165, 1.54) is 14.2 Å². The molecule has 4 N–H and O–H groups in total. The summed E-state index contributed by atoms with van der Waals surface area (Å²) in [6, 6.07) is 7.56. The van der Waals surface area contributed by atoms with Crippen molar-refractivity contribution in [3.8, 4) is 33.9 Å². The fourth-order valence-corrected chi connectivity index (χ4v) is 8.01. The van der Waals surface area contributed by atoms with Crippen LogP contribution in [-0.4, -0.2) is 118 Å². The number of hydrogen-bond donors (Lipinski definition) is 4. The Hall–Kier alpha value is -6.39. The molecule has 0 spiro atoms. The molecule has 17 nitrogen and oxygen atoms in total. The molecule has 0 unspecified atom stereocenters. The highest BCUT2D eigenvalue weighted by atomic mass is 16.5. The summed E-state index contributed by atoms with van der Waals surface area (Å²) in [4.78, 5) is 85.7. The monoisotopic (exact) mass is 791 g/mol. The standard InChI is InChI=1S/C41H49N11O6/c1-22(2)34(49-40(55)58-6)38(53)51-15-7-9-32(51)36-44-19-29(47-36)24-11-14-27-28(17-24)43-21-31(46-27)26-13-12-25(18-42-26)30-20-45-37(48-30)33-10-8-16-52(33)39(54)35(23(3)4)50(5)41(56)57/h11-14,17-23,32-35H,7-10,15-16H2,1-6H3,(H,44,47)(H,45,48)(H,49,55)(H,56,57)/t32-,33-,34-,35-/m0/s1. The molecular weight excluding hydrogens is 743 g/mol. The third kappa shape index (κ3) is 7.93. The Bertz CT molecular complexity index is 2300. The quantitative estimate of drug-likeness (QED) is 0.125. The molecule has 6 heterocycles. The maximum Gasteiger partial charge on any atom is 0.407 e. The van der Waals surface area contributed by atoms with Gasteiger partial charge < -0.3 is 34.9 Å².